The SMILES string of the molecule is CC(C)(C)C(=O)C(=O)C(C)(C)C.CC(C)(C)C(=O)OCOC(=O)C(C)(C)C.CC(C)(C)C(=O)OCOC(=O)C(C)(C)C.CC(C)C(=O)C(=O)C(C)C.CC(C)C(=O)OCOC(=O)C(C)C.CC(C)C(=O)OCOC(=O)C(C)C.CCC(=O)C(=O)CC.CCC(=O)OCOC(=O)CC.CCC(=O)OCOC(=O)CC.CCCS(C)(=O)=O. The molecular formula is C82H148O32S. The zero-order chi connectivity index (χ0) is 93.7. The number of hydrogen-bond acceptors (Lipinski definition) is 32. The van der Waals surface area contributed by atoms with E-state index in [0.717, 1.165) is 6.42 Å². The second-order valence-electron chi connectivity index (χ2n) is 32.8. The van der Waals surface area contributed by atoms with Gasteiger partial charge in [-0.2, -0.15) is 0 Å². The first kappa shape index (κ1) is 127. The number of ketones is 6. The number of sulfone groups is 1. The van der Waals surface area contributed by atoms with Crippen molar-refractivity contribution >= 4 is 116 Å². The Kier molecular flexibility index (Phi) is 73.9. The third-order valence-corrected chi connectivity index (χ3v) is 13.5. The van der Waals surface area contributed by atoms with Gasteiger partial charge in [0, 0.05) is 73.2 Å². The van der Waals surface area contributed by atoms with E-state index in [9.17, 15) is 94.7 Å². The minimum absolute atomic E-state index is 0.157. The van der Waals surface area contributed by atoms with Crippen LogP contribution in [0.5, 0.6) is 0 Å². The maximum Gasteiger partial charge on any atom is 0.314 e. The van der Waals surface area contributed by atoms with Gasteiger partial charge in [-0.05, 0) is 89.5 Å². The average molecular weight is 1680 g/mol. The lowest BCUT2D eigenvalue weighted by atomic mass is 9.79. The molecule has 0 N–H and O–H groups in total. The van der Waals surface area contributed by atoms with Gasteiger partial charge in [0.2, 0.25) is 63.9 Å². The molecule has 0 aromatic heterocycles. The van der Waals surface area contributed by atoms with Crippen molar-refractivity contribution in [3.63, 3.8) is 0 Å². The molecule has 0 aliphatic rings. The number of Topliss-reactive ketones (excluding diaryl/α,β-unsaturated/α-hetero) is 6. The summed E-state index contributed by atoms with van der Waals surface area (Å²) in [6, 6.07) is 0. The van der Waals surface area contributed by atoms with Crippen LogP contribution in [0.15, 0.2) is 0 Å². The lowest BCUT2D eigenvalue weighted by molar-refractivity contribution is -0.179. The van der Waals surface area contributed by atoms with E-state index >= 15 is 0 Å². The van der Waals surface area contributed by atoms with Crippen molar-refractivity contribution in [1.82, 2.24) is 0 Å². The first-order valence-electron chi connectivity index (χ1n) is 38.1. The zero-order valence-corrected chi connectivity index (χ0v) is 77.7. The summed E-state index contributed by atoms with van der Waals surface area (Å²) in [5.41, 5.74) is -3.40. The smallest absolute Gasteiger partial charge is 0.314 e. The van der Waals surface area contributed by atoms with Crippen LogP contribution in [0.4, 0.5) is 0 Å². The fourth-order valence-electron chi connectivity index (χ4n) is 4.84. The number of ether oxygens (including phenoxy) is 12. The van der Waals surface area contributed by atoms with Crippen molar-refractivity contribution in [1.29, 1.82) is 0 Å². The monoisotopic (exact) mass is 1680 g/mol. The zero-order valence-electron chi connectivity index (χ0n) is 76.8. The second-order valence-corrected chi connectivity index (χ2v) is 35.0. The molecule has 0 fully saturated rings. The molecular weight excluding hydrogens is 1530 g/mol. The van der Waals surface area contributed by atoms with Crippen LogP contribution in [0.3, 0.4) is 0 Å². The highest BCUT2D eigenvalue weighted by molar-refractivity contribution is 7.90. The van der Waals surface area contributed by atoms with Crippen LogP contribution in [-0.4, -0.2) is 168 Å². The molecule has 0 saturated heterocycles. The summed E-state index contributed by atoms with van der Waals surface area (Å²) in [7, 11) is -2.67. The Labute approximate surface area is 686 Å². The summed E-state index contributed by atoms with van der Waals surface area (Å²) in [5.74, 6) is -6.84. The van der Waals surface area contributed by atoms with E-state index in [-0.39, 0.29) is 183 Å². The maximum atomic E-state index is 11.5. The van der Waals surface area contributed by atoms with Gasteiger partial charge in [-0.3, -0.25) is 86.3 Å². The van der Waals surface area contributed by atoms with Crippen molar-refractivity contribution in [2.75, 3.05) is 52.8 Å². The van der Waals surface area contributed by atoms with E-state index < -0.39 is 42.3 Å². The van der Waals surface area contributed by atoms with E-state index in [2.05, 4.69) is 37.9 Å². The molecule has 0 bridgehead atoms. The molecule has 0 spiro atoms. The fraction of sp³-hybridized carbons (Fsp3) is 0.780. The normalized spacial score (nSPS) is 10.8. The van der Waals surface area contributed by atoms with Crippen LogP contribution in [-0.2, 0) is 153 Å². The minimum atomic E-state index is -2.67. The van der Waals surface area contributed by atoms with E-state index in [1.54, 1.807) is 249 Å². The molecule has 115 heavy (non-hydrogen) atoms. The van der Waals surface area contributed by atoms with Crippen LogP contribution in [0.2, 0.25) is 0 Å². The average Bonchev–Trinajstić information content (AvgIpc) is 0.841. The Morgan fingerprint density at radius 1 is 0.243 bits per heavy atom. The van der Waals surface area contributed by atoms with E-state index in [1.165, 1.54) is 6.26 Å². The van der Waals surface area contributed by atoms with Gasteiger partial charge in [0.15, 0.2) is 11.6 Å². The summed E-state index contributed by atoms with van der Waals surface area (Å²) < 4.78 is 76.1. The number of rotatable bonds is 29. The Bertz CT molecular complexity index is 2740. The molecule has 0 unspecified atom stereocenters. The van der Waals surface area contributed by atoms with Crippen molar-refractivity contribution in [3.05, 3.63) is 0 Å². The number of esters is 12. The highest BCUT2D eigenvalue weighted by Crippen LogP contribution is 2.24. The fourth-order valence-corrected chi connectivity index (χ4v) is 5.58. The van der Waals surface area contributed by atoms with Gasteiger partial charge in [-0.15, -0.1) is 0 Å². The Morgan fingerprint density at radius 2 is 0.409 bits per heavy atom. The van der Waals surface area contributed by atoms with Crippen LogP contribution in [0.25, 0.3) is 0 Å². The first-order chi connectivity index (χ1) is 51.7. The third kappa shape index (κ3) is 84.8. The van der Waals surface area contributed by atoms with Crippen LogP contribution in [0, 0.1) is 68.0 Å². The maximum absolute atomic E-state index is 11.5. The Morgan fingerprint density at radius 3 is 0.513 bits per heavy atom. The molecule has 32 nitrogen and oxygen atoms in total. The molecule has 0 heterocycles. The van der Waals surface area contributed by atoms with Crippen molar-refractivity contribution in [2.24, 2.45) is 68.0 Å². The summed E-state index contributed by atoms with van der Waals surface area (Å²) in [5, 5.41) is 0. The molecule has 0 rings (SSSR count). The van der Waals surface area contributed by atoms with E-state index in [0.29, 0.717) is 44.3 Å². The van der Waals surface area contributed by atoms with E-state index in [1.807, 2.05) is 6.92 Å². The summed E-state index contributed by atoms with van der Waals surface area (Å²) >= 11 is 0. The van der Waals surface area contributed by atoms with Gasteiger partial charge < -0.3 is 56.8 Å². The lowest BCUT2D eigenvalue weighted by Crippen LogP contribution is -2.36. The molecule has 0 aliphatic carbocycles. The lowest BCUT2D eigenvalue weighted by Gasteiger charge is -2.22. The number of carbonyl (C=O) groups excluding carboxylic acids is 18. The molecule has 674 valence electrons. The molecule has 33 heteroatoms. The number of hydrogen-bond donors (Lipinski definition) is 0. The highest BCUT2D eigenvalue weighted by atomic mass is 32.2. The van der Waals surface area contributed by atoms with E-state index in [4.69, 9.17) is 18.9 Å². The van der Waals surface area contributed by atoms with Gasteiger partial charge >= 0.3 is 71.6 Å². The van der Waals surface area contributed by atoms with Gasteiger partial charge in [0.25, 0.3) is 0 Å². The van der Waals surface area contributed by atoms with Crippen molar-refractivity contribution in [3.8, 4) is 0 Å². The third-order valence-electron chi connectivity index (χ3n) is 12.3. The predicted octanol–water partition coefficient (Wildman–Crippen LogP) is 13.7. The topological polar surface area (TPSA) is 452 Å². The summed E-state index contributed by atoms with van der Waals surface area (Å²) in [6.07, 6.45) is 3.83. The van der Waals surface area contributed by atoms with Crippen LogP contribution < -0.4 is 0 Å². The minimum Gasteiger partial charge on any atom is -0.428 e. The summed E-state index contributed by atoms with van der Waals surface area (Å²) in [6.45, 7) is 62.3. The van der Waals surface area contributed by atoms with Crippen LogP contribution in [0.1, 0.15) is 301 Å². The predicted molar refractivity (Wildman–Crippen MR) is 430 cm³/mol. The van der Waals surface area contributed by atoms with Gasteiger partial charge in [0.1, 0.15) is 9.84 Å². The molecule has 0 aromatic rings. The van der Waals surface area contributed by atoms with Gasteiger partial charge in [-0.1, -0.05) is 173 Å². The van der Waals surface area contributed by atoms with Gasteiger partial charge in [-0.25, -0.2) is 8.42 Å². The highest BCUT2D eigenvalue weighted by Gasteiger charge is 2.35. The van der Waals surface area contributed by atoms with Gasteiger partial charge in [0.05, 0.1) is 45.3 Å². The molecule has 0 amide bonds. The number of carbonyl (C=O) groups is 18. The first-order valence-corrected chi connectivity index (χ1v) is 40.2. The van der Waals surface area contributed by atoms with Crippen molar-refractivity contribution < 1.29 is 152 Å². The largest absolute Gasteiger partial charge is 0.428 e. The standard InChI is InChI=1S/2C11H20O4.C10H18O2.2C9H16O4.C8H14O2.2C7H12O4.C6H10O2.C4H10O2S/c2*1-10(2,3)8(12)14-7-15-9(13)11(4,5)6;1-9(2,3)7(11)8(12)10(4,5)6;2*1-6(2)8(10)12-5-13-9(11)7(3)4;1-5(2)7(9)8(10)6(3)4;2*1-3-6(8)10-5-11-7(9)4-2;1-3-5(7)6(8)4-2;1-3-4-7(2,5)6/h2*7H2,1-6H3;1-6H3;2*6-7H,5H2,1-4H3;5-6H,1-4H3;2*3-5H2,1-2H3;3-4H2,1-2H3;3-4H2,1-2H3. The van der Waals surface area contributed by atoms with Crippen LogP contribution >= 0.6 is 0 Å². The Hall–Kier alpha value is -8.39. The molecule has 0 radical (unpaired) electrons. The molecule has 0 aromatic carbocycles. The molecule has 0 aliphatic heterocycles. The summed E-state index contributed by atoms with van der Waals surface area (Å²) in [4.78, 5) is 196. The molecule has 0 saturated carbocycles. The van der Waals surface area contributed by atoms with Crippen molar-refractivity contribution in [2.45, 2.75) is 301 Å². The molecule has 0 atom stereocenters. The Balaban J connectivity index is -0.000000134. The quantitative estimate of drug-likeness (QED) is 0.0290. The second kappa shape index (κ2) is 66.7.